The normalized spacial score (nSPS) is 11.3. The summed E-state index contributed by atoms with van der Waals surface area (Å²) in [5.41, 5.74) is 2.58. The molecule has 0 aliphatic carbocycles. The number of hydrogen-bond donors (Lipinski definition) is 2. The molecule has 1 heterocycles. The van der Waals surface area contributed by atoms with Crippen LogP contribution in [0.5, 0.6) is 0 Å². The second kappa shape index (κ2) is 8.11. The summed E-state index contributed by atoms with van der Waals surface area (Å²) >= 11 is 0. The summed E-state index contributed by atoms with van der Waals surface area (Å²) in [6.07, 6.45) is 3.28. The first-order valence-electron chi connectivity index (χ1n) is 7.83. The molecule has 22 heavy (non-hydrogen) atoms. The number of rotatable bonds is 8. The summed E-state index contributed by atoms with van der Waals surface area (Å²) < 4.78 is 15.6. The van der Waals surface area contributed by atoms with E-state index in [1.165, 1.54) is 18.2 Å². The van der Waals surface area contributed by atoms with E-state index in [0.717, 1.165) is 18.7 Å². The van der Waals surface area contributed by atoms with Gasteiger partial charge in [-0.2, -0.15) is 0 Å². The summed E-state index contributed by atoms with van der Waals surface area (Å²) in [6.45, 7) is 6.66. The van der Waals surface area contributed by atoms with Gasteiger partial charge in [0, 0.05) is 37.1 Å². The summed E-state index contributed by atoms with van der Waals surface area (Å²) in [4.78, 5) is 0. The van der Waals surface area contributed by atoms with E-state index in [9.17, 15) is 4.39 Å². The van der Waals surface area contributed by atoms with Crippen molar-refractivity contribution in [2.45, 2.75) is 46.5 Å². The average molecular weight is 304 g/mol. The quantitative estimate of drug-likeness (QED) is 0.784. The van der Waals surface area contributed by atoms with Gasteiger partial charge in [-0.3, -0.25) is 0 Å². The molecule has 1 aromatic carbocycles. The number of aromatic nitrogens is 1. The van der Waals surface area contributed by atoms with Crippen LogP contribution in [0.15, 0.2) is 36.5 Å². The fourth-order valence-corrected chi connectivity index (χ4v) is 2.42. The van der Waals surface area contributed by atoms with Gasteiger partial charge in [0.15, 0.2) is 0 Å². The van der Waals surface area contributed by atoms with E-state index in [1.807, 2.05) is 0 Å². The average Bonchev–Trinajstić information content (AvgIpc) is 2.94. The van der Waals surface area contributed by atoms with Crippen LogP contribution in [0.1, 0.15) is 37.1 Å². The van der Waals surface area contributed by atoms with E-state index < -0.39 is 0 Å². The molecule has 0 amide bonds. The standard InChI is InChI=1S/C18H25FN2O/c1-14(2)7-9-21-8-3-4-17(21)12-20-11-15-5-6-18(19)16(10-15)13-22/h3-6,8,10,14,20,22H,7,9,11-13H2,1-2H3. The lowest BCUT2D eigenvalue weighted by atomic mass is 10.1. The molecule has 3 nitrogen and oxygen atoms in total. The third-order valence-corrected chi connectivity index (χ3v) is 3.79. The van der Waals surface area contributed by atoms with Gasteiger partial charge in [-0.1, -0.05) is 19.9 Å². The van der Waals surface area contributed by atoms with Crippen LogP contribution in [0.3, 0.4) is 0 Å². The monoisotopic (exact) mass is 304 g/mol. The minimum absolute atomic E-state index is 0.266. The number of nitrogens with one attached hydrogen (secondary N) is 1. The van der Waals surface area contributed by atoms with Crippen molar-refractivity contribution in [3.63, 3.8) is 0 Å². The van der Waals surface area contributed by atoms with Crippen LogP contribution >= 0.6 is 0 Å². The van der Waals surface area contributed by atoms with Crippen LogP contribution in [-0.4, -0.2) is 9.67 Å². The van der Waals surface area contributed by atoms with Crippen molar-refractivity contribution >= 4 is 0 Å². The molecule has 0 saturated carbocycles. The van der Waals surface area contributed by atoms with Crippen molar-refractivity contribution in [1.82, 2.24) is 9.88 Å². The van der Waals surface area contributed by atoms with Crippen LogP contribution in [-0.2, 0) is 26.2 Å². The van der Waals surface area contributed by atoms with Crippen LogP contribution < -0.4 is 5.32 Å². The summed E-state index contributed by atoms with van der Waals surface area (Å²) in [5, 5.41) is 12.5. The molecule has 0 aliphatic heterocycles. The number of aryl methyl sites for hydroxylation is 1. The predicted molar refractivity (Wildman–Crippen MR) is 86.8 cm³/mol. The smallest absolute Gasteiger partial charge is 0.128 e. The molecule has 2 N–H and O–H groups in total. The first kappa shape index (κ1) is 16.7. The van der Waals surface area contributed by atoms with Crippen LogP contribution in [0.2, 0.25) is 0 Å². The Kier molecular flexibility index (Phi) is 6.16. The summed E-state index contributed by atoms with van der Waals surface area (Å²) in [5.74, 6) is 0.341. The van der Waals surface area contributed by atoms with E-state index in [4.69, 9.17) is 5.11 Å². The topological polar surface area (TPSA) is 37.2 Å². The van der Waals surface area contributed by atoms with Gasteiger partial charge in [-0.15, -0.1) is 0 Å². The molecule has 1 aromatic heterocycles. The molecular weight excluding hydrogens is 279 g/mol. The fraction of sp³-hybridized carbons (Fsp3) is 0.444. The van der Waals surface area contributed by atoms with Gasteiger partial charge in [0.2, 0.25) is 0 Å². The maximum absolute atomic E-state index is 13.3. The van der Waals surface area contributed by atoms with E-state index in [0.29, 0.717) is 18.0 Å². The zero-order chi connectivity index (χ0) is 15.9. The lowest BCUT2D eigenvalue weighted by Crippen LogP contribution is -2.16. The highest BCUT2D eigenvalue weighted by Gasteiger charge is 2.04. The van der Waals surface area contributed by atoms with Crippen molar-refractivity contribution in [3.05, 3.63) is 59.2 Å². The third-order valence-electron chi connectivity index (χ3n) is 3.79. The molecular formula is C18H25FN2O. The lowest BCUT2D eigenvalue weighted by Gasteiger charge is -2.12. The van der Waals surface area contributed by atoms with E-state index in [1.54, 1.807) is 12.1 Å². The first-order chi connectivity index (χ1) is 10.6. The van der Waals surface area contributed by atoms with Gasteiger partial charge < -0.3 is 15.0 Å². The molecule has 2 rings (SSSR count). The van der Waals surface area contributed by atoms with Crippen molar-refractivity contribution in [1.29, 1.82) is 0 Å². The number of nitrogens with zero attached hydrogens (tertiary/aromatic N) is 1. The van der Waals surface area contributed by atoms with Crippen molar-refractivity contribution in [2.24, 2.45) is 5.92 Å². The zero-order valence-corrected chi connectivity index (χ0v) is 13.3. The first-order valence-corrected chi connectivity index (χ1v) is 7.83. The molecule has 0 spiro atoms. The number of benzene rings is 1. The molecule has 2 aromatic rings. The van der Waals surface area contributed by atoms with Crippen molar-refractivity contribution < 1.29 is 9.50 Å². The van der Waals surface area contributed by atoms with E-state index in [-0.39, 0.29) is 12.4 Å². The molecule has 120 valence electrons. The van der Waals surface area contributed by atoms with Crippen molar-refractivity contribution in [3.8, 4) is 0 Å². The molecule has 0 radical (unpaired) electrons. The van der Waals surface area contributed by atoms with Crippen LogP contribution in [0.4, 0.5) is 4.39 Å². The zero-order valence-electron chi connectivity index (χ0n) is 13.3. The highest BCUT2D eigenvalue weighted by Crippen LogP contribution is 2.11. The minimum Gasteiger partial charge on any atom is -0.392 e. The largest absolute Gasteiger partial charge is 0.392 e. The molecule has 4 heteroatoms. The summed E-state index contributed by atoms with van der Waals surface area (Å²) in [6, 6.07) is 9.06. The number of hydrogen-bond acceptors (Lipinski definition) is 2. The maximum atomic E-state index is 13.3. The van der Waals surface area contributed by atoms with Gasteiger partial charge in [0.05, 0.1) is 6.61 Å². The number of aliphatic hydroxyl groups is 1. The number of halogens is 1. The van der Waals surface area contributed by atoms with Crippen molar-refractivity contribution in [2.75, 3.05) is 0 Å². The Bertz CT molecular complexity index is 593. The van der Waals surface area contributed by atoms with Gasteiger partial charge >= 0.3 is 0 Å². The Balaban J connectivity index is 1.87. The predicted octanol–water partition coefficient (Wildman–Crippen LogP) is 3.46. The van der Waals surface area contributed by atoms with E-state index >= 15 is 0 Å². The second-order valence-corrected chi connectivity index (χ2v) is 6.06. The molecule has 0 bridgehead atoms. The summed E-state index contributed by atoms with van der Waals surface area (Å²) in [7, 11) is 0. The molecule has 0 aliphatic rings. The van der Waals surface area contributed by atoms with Gasteiger partial charge in [-0.05, 0) is 42.2 Å². The van der Waals surface area contributed by atoms with Crippen LogP contribution in [0, 0.1) is 11.7 Å². The maximum Gasteiger partial charge on any atom is 0.128 e. The SMILES string of the molecule is CC(C)CCn1cccc1CNCc1ccc(F)c(CO)c1. The lowest BCUT2D eigenvalue weighted by molar-refractivity contribution is 0.275. The van der Waals surface area contributed by atoms with Crippen LogP contribution in [0.25, 0.3) is 0 Å². The Morgan fingerprint density at radius 2 is 2.05 bits per heavy atom. The van der Waals surface area contributed by atoms with Gasteiger partial charge in [0.25, 0.3) is 0 Å². The molecule has 0 fully saturated rings. The van der Waals surface area contributed by atoms with E-state index in [2.05, 4.69) is 42.1 Å². The Hall–Kier alpha value is -1.65. The minimum atomic E-state index is -0.353. The van der Waals surface area contributed by atoms with Gasteiger partial charge in [0.1, 0.15) is 5.82 Å². The Morgan fingerprint density at radius 1 is 1.23 bits per heavy atom. The Labute approximate surface area is 131 Å². The van der Waals surface area contributed by atoms with Gasteiger partial charge in [-0.25, -0.2) is 4.39 Å². The second-order valence-electron chi connectivity index (χ2n) is 6.06. The highest BCUT2D eigenvalue weighted by molar-refractivity contribution is 5.24. The fourth-order valence-electron chi connectivity index (χ4n) is 2.42. The highest BCUT2D eigenvalue weighted by atomic mass is 19.1. The Morgan fingerprint density at radius 3 is 2.77 bits per heavy atom. The molecule has 0 unspecified atom stereocenters. The third kappa shape index (κ3) is 4.68. The molecule has 0 atom stereocenters. The number of aliphatic hydroxyl groups excluding tert-OH is 1. The molecule has 0 saturated heterocycles.